The van der Waals surface area contributed by atoms with E-state index in [4.69, 9.17) is 14.2 Å². The first-order valence-electron chi connectivity index (χ1n) is 9.25. The maximum absolute atomic E-state index is 11.8. The van der Waals surface area contributed by atoms with Gasteiger partial charge in [-0.3, -0.25) is 5.32 Å². The SMILES string of the molecule is COC(=O)c1cc(CO)cc(OCCc2ccc(NC(=O)OC(C)(C)C)cc2)c1. The molecule has 0 spiro atoms. The smallest absolute Gasteiger partial charge is 0.412 e. The fraction of sp³-hybridized carbons (Fsp3) is 0.364. The topological polar surface area (TPSA) is 94.1 Å². The molecule has 0 aliphatic carbocycles. The van der Waals surface area contributed by atoms with E-state index >= 15 is 0 Å². The van der Waals surface area contributed by atoms with Crippen LogP contribution in [0.15, 0.2) is 42.5 Å². The van der Waals surface area contributed by atoms with Crippen LogP contribution >= 0.6 is 0 Å². The van der Waals surface area contributed by atoms with Gasteiger partial charge in [0.05, 0.1) is 25.9 Å². The lowest BCUT2D eigenvalue weighted by molar-refractivity contribution is 0.0597. The molecule has 29 heavy (non-hydrogen) atoms. The zero-order chi connectivity index (χ0) is 21.4. The van der Waals surface area contributed by atoms with E-state index in [1.54, 1.807) is 51.1 Å². The summed E-state index contributed by atoms with van der Waals surface area (Å²) in [6, 6.07) is 12.2. The van der Waals surface area contributed by atoms with Crippen molar-refractivity contribution in [3.05, 3.63) is 59.2 Å². The largest absolute Gasteiger partial charge is 0.493 e. The number of ether oxygens (including phenoxy) is 3. The minimum absolute atomic E-state index is 0.201. The Bertz CT molecular complexity index is 839. The van der Waals surface area contributed by atoms with Gasteiger partial charge in [-0.2, -0.15) is 0 Å². The van der Waals surface area contributed by atoms with Crippen LogP contribution in [0.1, 0.15) is 42.3 Å². The molecule has 0 aliphatic rings. The standard InChI is InChI=1S/C22H27NO6/c1-22(2,3)29-21(26)23-18-7-5-15(6-8-18)9-10-28-19-12-16(14-24)11-17(13-19)20(25)27-4/h5-8,11-13,24H,9-10,14H2,1-4H3,(H,23,26). The number of nitrogens with one attached hydrogen (secondary N) is 1. The van der Waals surface area contributed by atoms with Crippen LogP contribution in [0, 0.1) is 0 Å². The van der Waals surface area contributed by atoms with Crippen molar-refractivity contribution >= 4 is 17.7 Å². The Morgan fingerprint density at radius 2 is 1.72 bits per heavy atom. The van der Waals surface area contributed by atoms with E-state index in [-0.39, 0.29) is 6.61 Å². The van der Waals surface area contributed by atoms with Crippen LogP contribution in [0.4, 0.5) is 10.5 Å². The number of aliphatic hydroxyl groups is 1. The number of hydrogen-bond donors (Lipinski definition) is 2. The lowest BCUT2D eigenvalue weighted by atomic mass is 10.1. The quantitative estimate of drug-likeness (QED) is 0.683. The molecule has 7 nitrogen and oxygen atoms in total. The number of benzene rings is 2. The summed E-state index contributed by atoms with van der Waals surface area (Å²) in [5.41, 5.74) is 2.00. The Balaban J connectivity index is 1.91. The van der Waals surface area contributed by atoms with Crippen LogP contribution in [-0.2, 0) is 22.5 Å². The third-order valence-electron chi connectivity index (χ3n) is 3.83. The van der Waals surface area contributed by atoms with Crippen LogP contribution in [0.3, 0.4) is 0 Å². The zero-order valence-electron chi connectivity index (χ0n) is 17.2. The first-order chi connectivity index (χ1) is 13.7. The van der Waals surface area contributed by atoms with Crippen molar-refractivity contribution in [3.8, 4) is 5.75 Å². The third-order valence-corrected chi connectivity index (χ3v) is 3.83. The molecule has 0 fully saturated rings. The number of amides is 1. The van der Waals surface area contributed by atoms with Gasteiger partial charge >= 0.3 is 12.1 Å². The number of aliphatic hydroxyl groups excluding tert-OH is 1. The number of anilines is 1. The highest BCUT2D eigenvalue weighted by molar-refractivity contribution is 5.90. The molecule has 2 aromatic carbocycles. The zero-order valence-corrected chi connectivity index (χ0v) is 17.2. The summed E-state index contributed by atoms with van der Waals surface area (Å²) in [6.07, 6.45) is 0.127. The minimum Gasteiger partial charge on any atom is -0.493 e. The number of rotatable bonds is 7. The van der Waals surface area contributed by atoms with Gasteiger partial charge in [-0.1, -0.05) is 12.1 Å². The van der Waals surface area contributed by atoms with Crippen LogP contribution in [-0.4, -0.2) is 36.5 Å². The van der Waals surface area contributed by atoms with Gasteiger partial charge in [0.2, 0.25) is 0 Å². The minimum atomic E-state index is -0.553. The van der Waals surface area contributed by atoms with Crippen LogP contribution in [0.25, 0.3) is 0 Å². The monoisotopic (exact) mass is 401 g/mol. The highest BCUT2D eigenvalue weighted by atomic mass is 16.6. The van der Waals surface area contributed by atoms with Gasteiger partial charge in [-0.05, 0) is 62.2 Å². The molecular weight excluding hydrogens is 374 g/mol. The number of hydrogen-bond acceptors (Lipinski definition) is 6. The molecule has 0 unspecified atom stereocenters. The second-order valence-electron chi connectivity index (χ2n) is 7.44. The fourth-order valence-electron chi connectivity index (χ4n) is 2.53. The van der Waals surface area contributed by atoms with Crippen molar-refractivity contribution in [2.24, 2.45) is 0 Å². The maximum atomic E-state index is 11.8. The fourth-order valence-corrected chi connectivity index (χ4v) is 2.53. The van der Waals surface area contributed by atoms with Crippen molar-refractivity contribution in [2.45, 2.75) is 39.4 Å². The molecular formula is C22H27NO6. The van der Waals surface area contributed by atoms with Crippen molar-refractivity contribution < 1.29 is 28.9 Å². The van der Waals surface area contributed by atoms with Gasteiger partial charge in [0.1, 0.15) is 11.4 Å². The van der Waals surface area contributed by atoms with E-state index in [0.717, 1.165) is 5.56 Å². The summed E-state index contributed by atoms with van der Waals surface area (Å²) in [4.78, 5) is 23.5. The molecule has 0 radical (unpaired) electrons. The van der Waals surface area contributed by atoms with Crippen molar-refractivity contribution in [3.63, 3.8) is 0 Å². The predicted octanol–water partition coefficient (Wildman–Crippen LogP) is 3.93. The van der Waals surface area contributed by atoms with E-state index in [2.05, 4.69) is 5.32 Å². The second kappa shape index (κ2) is 9.93. The summed E-state index contributed by atoms with van der Waals surface area (Å²) in [7, 11) is 1.30. The Kier molecular flexibility index (Phi) is 7.61. The van der Waals surface area contributed by atoms with E-state index in [1.807, 2.05) is 12.1 Å². The molecule has 0 atom stereocenters. The molecule has 0 aliphatic heterocycles. The van der Waals surface area contributed by atoms with Crippen LogP contribution in [0.5, 0.6) is 5.75 Å². The molecule has 0 bridgehead atoms. The van der Waals surface area contributed by atoms with Crippen LogP contribution in [0.2, 0.25) is 0 Å². The maximum Gasteiger partial charge on any atom is 0.412 e. The molecule has 1 amide bonds. The molecule has 7 heteroatoms. The first-order valence-corrected chi connectivity index (χ1v) is 9.25. The second-order valence-corrected chi connectivity index (χ2v) is 7.44. The Morgan fingerprint density at radius 3 is 2.31 bits per heavy atom. The van der Waals surface area contributed by atoms with Gasteiger partial charge in [0, 0.05) is 12.1 Å². The molecule has 2 rings (SSSR count). The number of carbonyl (C=O) groups is 2. The summed E-state index contributed by atoms with van der Waals surface area (Å²) in [5, 5.41) is 12.0. The lowest BCUT2D eigenvalue weighted by Gasteiger charge is -2.19. The molecule has 156 valence electrons. The normalized spacial score (nSPS) is 10.9. The van der Waals surface area contributed by atoms with Gasteiger partial charge < -0.3 is 19.3 Å². The van der Waals surface area contributed by atoms with E-state index in [0.29, 0.717) is 35.6 Å². The lowest BCUT2D eigenvalue weighted by Crippen LogP contribution is -2.27. The summed E-state index contributed by atoms with van der Waals surface area (Å²) < 4.78 is 15.7. The van der Waals surface area contributed by atoms with Crippen molar-refractivity contribution in [2.75, 3.05) is 19.0 Å². The van der Waals surface area contributed by atoms with E-state index in [9.17, 15) is 14.7 Å². The van der Waals surface area contributed by atoms with Gasteiger partial charge in [-0.15, -0.1) is 0 Å². The number of carbonyl (C=O) groups excluding carboxylic acids is 2. The van der Waals surface area contributed by atoms with E-state index < -0.39 is 17.7 Å². The molecule has 0 heterocycles. The summed E-state index contributed by atoms with van der Waals surface area (Å²) >= 11 is 0. The van der Waals surface area contributed by atoms with Gasteiger partial charge in [-0.25, -0.2) is 9.59 Å². The number of methoxy groups -OCH3 is 1. The van der Waals surface area contributed by atoms with Gasteiger partial charge in [0.25, 0.3) is 0 Å². The highest BCUT2D eigenvalue weighted by Gasteiger charge is 2.16. The Hall–Kier alpha value is -3.06. The average molecular weight is 401 g/mol. The molecule has 2 aromatic rings. The summed E-state index contributed by atoms with van der Waals surface area (Å²) in [6.45, 7) is 5.60. The van der Waals surface area contributed by atoms with Crippen molar-refractivity contribution in [1.82, 2.24) is 0 Å². The third kappa shape index (κ3) is 7.46. The Labute approximate surface area is 170 Å². The van der Waals surface area contributed by atoms with Gasteiger partial charge in [0.15, 0.2) is 0 Å². The molecule has 0 saturated carbocycles. The number of esters is 1. The first kappa shape index (κ1) is 22.2. The average Bonchev–Trinajstić information content (AvgIpc) is 2.67. The Morgan fingerprint density at radius 1 is 1.03 bits per heavy atom. The molecule has 0 saturated heterocycles. The predicted molar refractivity (Wildman–Crippen MR) is 109 cm³/mol. The van der Waals surface area contributed by atoms with Crippen molar-refractivity contribution in [1.29, 1.82) is 0 Å². The highest BCUT2D eigenvalue weighted by Crippen LogP contribution is 2.19. The molecule has 0 aromatic heterocycles. The summed E-state index contributed by atoms with van der Waals surface area (Å²) in [5.74, 6) is -0.00149. The van der Waals surface area contributed by atoms with E-state index in [1.165, 1.54) is 7.11 Å². The van der Waals surface area contributed by atoms with Crippen LogP contribution < -0.4 is 10.1 Å². The molecule has 2 N–H and O–H groups in total.